The molecule has 0 radical (unpaired) electrons. The molecule has 1 atom stereocenters. The summed E-state index contributed by atoms with van der Waals surface area (Å²) in [6, 6.07) is 10.7. The van der Waals surface area contributed by atoms with Gasteiger partial charge in [0.15, 0.2) is 0 Å². The van der Waals surface area contributed by atoms with Crippen LogP contribution >= 0.6 is 27.3 Å². The number of hydrogen-bond acceptors (Lipinski definition) is 3. The largest absolute Gasteiger partial charge is 0.494 e. The van der Waals surface area contributed by atoms with E-state index in [1.807, 2.05) is 30.4 Å². The summed E-state index contributed by atoms with van der Waals surface area (Å²) in [5.41, 5.74) is 1.20. The van der Waals surface area contributed by atoms with Gasteiger partial charge in [0.25, 0.3) is 0 Å². The van der Waals surface area contributed by atoms with Gasteiger partial charge in [-0.3, -0.25) is 0 Å². The van der Waals surface area contributed by atoms with E-state index in [4.69, 9.17) is 4.74 Å². The summed E-state index contributed by atoms with van der Waals surface area (Å²) >= 11 is 5.53. The molecular formula is C17H22BrNOS. The van der Waals surface area contributed by atoms with Crippen molar-refractivity contribution in [2.45, 2.75) is 33.2 Å². The highest BCUT2D eigenvalue weighted by Gasteiger charge is 2.21. The molecular weight excluding hydrogens is 346 g/mol. The number of ether oxygens (including phenoxy) is 1. The van der Waals surface area contributed by atoms with Crippen LogP contribution in [0.2, 0.25) is 0 Å². The van der Waals surface area contributed by atoms with Crippen molar-refractivity contribution in [3.63, 3.8) is 0 Å². The molecule has 1 aromatic heterocycles. The number of hydrogen-bond donors (Lipinski definition) is 1. The van der Waals surface area contributed by atoms with E-state index in [1.54, 1.807) is 0 Å². The smallest absolute Gasteiger partial charge is 0.124 e. The van der Waals surface area contributed by atoms with Gasteiger partial charge in [0.2, 0.25) is 0 Å². The van der Waals surface area contributed by atoms with Crippen molar-refractivity contribution in [3.05, 3.63) is 50.1 Å². The minimum Gasteiger partial charge on any atom is -0.494 e. The molecule has 4 heteroatoms. The molecule has 1 aromatic carbocycles. The maximum atomic E-state index is 5.82. The molecule has 2 rings (SSSR count). The van der Waals surface area contributed by atoms with E-state index in [0.717, 1.165) is 18.7 Å². The zero-order valence-electron chi connectivity index (χ0n) is 12.8. The fourth-order valence-corrected chi connectivity index (χ4v) is 4.31. The van der Waals surface area contributed by atoms with Gasteiger partial charge in [0.05, 0.1) is 12.6 Å². The minimum absolute atomic E-state index is 0.167. The van der Waals surface area contributed by atoms with Crippen LogP contribution < -0.4 is 10.1 Å². The number of benzene rings is 1. The number of aryl methyl sites for hydroxylation is 1. The fourth-order valence-electron chi connectivity index (χ4n) is 2.34. The molecule has 0 bridgehead atoms. The van der Waals surface area contributed by atoms with E-state index in [0.29, 0.717) is 6.61 Å². The lowest BCUT2D eigenvalue weighted by Crippen LogP contribution is -2.23. The summed E-state index contributed by atoms with van der Waals surface area (Å²) in [5.74, 6) is 0.964. The van der Waals surface area contributed by atoms with E-state index in [2.05, 4.69) is 53.3 Å². The predicted octanol–water partition coefficient (Wildman–Crippen LogP) is 5.31. The first kappa shape index (κ1) is 16.5. The second kappa shape index (κ2) is 7.97. The maximum absolute atomic E-state index is 5.82. The lowest BCUT2D eigenvalue weighted by Gasteiger charge is -2.21. The zero-order valence-corrected chi connectivity index (χ0v) is 15.2. The Bertz CT molecular complexity index is 582. The molecule has 2 nitrogen and oxygen atoms in total. The maximum Gasteiger partial charge on any atom is 0.124 e. The topological polar surface area (TPSA) is 21.3 Å². The molecule has 2 aromatic rings. The van der Waals surface area contributed by atoms with Gasteiger partial charge in [0, 0.05) is 19.8 Å². The highest BCUT2D eigenvalue weighted by Crippen LogP contribution is 2.38. The Morgan fingerprint density at radius 2 is 2.05 bits per heavy atom. The van der Waals surface area contributed by atoms with Crippen molar-refractivity contribution >= 4 is 27.3 Å². The lowest BCUT2D eigenvalue weighted by atomic mass is 10.0. The Morgan fingerprint density at radius 3 is 2.67 bits per heavy atom. The standard InChI is InChI=1S/C17H22BrNOS/c1-4-10-19-16(17-14(18)11-12(3)21-17)13-8-6-7-9-15(13)20-5-2/h6-9,11,16,19H,4-5,10H2,1-3H3. The Morgan fingerprint density at radius 1 is 1.29 bits per heavy atom. The van der Waals surface area contributed by atoms with Crippen LogP contribution in [0.3, 0.4) is 0 Å². The minimum atomic E-state index is 0.167. The number of thiophene rings is 1. The molecule has 0 aliphatic carbocycles. The number of nitrogens with one attached hydrogen (secondary N) is 1. The third-order valence-corrected chi connectivity index (χ3v) is 5.26. The third-order valence-electron chi connectivity index (χ3n) is 3.23. The van der Waals surface area contributed by atoms with E-state index < -0.39 is 0 Å². The summed E-state index contributed by atoms with van der Waals surface area (Å²) in [4.78, 5) is 2.63. The summed E-state index contributed by atoms with van der Waals surface area (Å²) in [6.07, 6.45) is 1.11. The van der Waals surface area contributed by atoms with Gasteiger partial charge in [0.1, 0.15) is 5.75 Å². The van der Waals surface area contributed by atoms with Gasteiger partial charge >= 0.3 is 0 Å². The fraction of sp³-hybridized carbons (Fsp3) is 0.412. The van der Waals surface area contributed by atoms with E-state index >= 15 is 0 Å². The van der Waals surface area contributed by atoms with Crippen molar-refractivity contribution < 1.29 is 4.74 Å². The molecule has 1 N–H and O–H groups in total. The second-order valence-corrected chi connectivity index (χ2v) is 7.07. The second-order valence-electron chi connectivity index (χ2n) is 4.93. The average Bonchev–Trinajstić information content (AvgIpc) is 2.80. The summed E-state index contributed by atoms with van der Waals surface area (Å²) < 4.78 is 6.99. The first-order valence-electron chi connectivity index (χ1n) is 7.38. The zero-order chi connectivity index (χ0) is 15.2. The molecule has 0 spiro atoms. The van der Waals surface area contributed by atoms with Crippen LogP contribution in [0.25, 0.3) is 0 Å². The monoisotopic (exact) mass is 367 g/mol. The van der Waals surface area contributed by atoms with E-state index in [1.165, 1.54) is 19.8 Å². The molecule has 0 aliphatic heterocycles. The summed E-state index contributed by atoms with van der Waals surface area (Å²) in [5, 5.41) is 3.66. The van der Waals surface area contributed by atoms with Crippen molar-refractivity contribution in [1.82, 2.24) is 5.32 Å². The first-order valence-corrected chi connectivity index (χ1v) is 8.99. The van der Waals surface area contributed by atoms with E-state index in [9.17, 15) is 0 Å². The Kier molecular flexibility index (Phi) is 6.27. The normalized spacial score (nSPS) is 12.4. The van der Waals surface area contributed by atoms with Gasteiger partial charge in [-0.1, -0.05) is 25.1 Å². The lowest BCUT2D eigenvalue weighted by molar-refractivity contribution is 0.333. The summed E-state index contributed by atoms with van der Waals surface area (Å²) in [6.45, 7) is 8.02. The molecule has 0 saturated heterocycles. The molecule has 114 valence electrons. The first-order chi connectivity index (χ1) is 10.2. The van der Waals surface area contributed by atoms with Crippen LogP contribution in [0.15, 0.2) is 34.8 Å². The highest BCUT2D eigenvalue weighted by molar-refractivity contribution is 9.10. The molecule has 0 aliphatic rings. The van der Waals surface area contributed by atoms with Gasteiger partial charge in [-0.05, 0) is 54.9 Å². The van der Waals surface area contributed by atoms with Crippen LogP contribution in [-0.4, -0.2) is 13.2 Å². The van der Waals surface area contributed by atoms with Crippen molar-refractivity contribution in [1.29, 1.82) is 0 Å². The third kappa shape index (κ3) is 4.09. The highest BCUT2D eigenvalue weighted by atomic mass is 79.9. The van der Waals surface area contributed by atoms with E-state index in [-0.39, 0.29) is 6.04 Å². The van der Waals surface area contributed by atoms with Gasteiger partial charge in [-0.15, -0.1) is 11.3 Å². The molecule has 0 saturated carbocycles. The molecule has 0 amide bonds. The van der Waals surface area contributed by atoms with Crippen LogP contribution in [0.1, 0.15) is 41.6 Å². The van der Waals surface area contributed by atoms with Crippen molar-refractivity contribution in [2.75, 3.05) is 13.2 Å². The Labute approximate surface area is 139 Å². The molecule has 0 fully saturated rings. The van der Waals surface area contributed by atoms with Gasteiger partial charge in [-0.2, -0.15) is 0 Å². The van der Waals surface area contributed by atoms with Crippen molar-refractivity contribution in [2.24, 2.45) is 0 Å². The van der Waals surface area contributed by atoms with Crippen LogP contribution in [0.5, 0.6) is 5.75 Å². The Hall–Kier alpha value is -0.840. The van der Waals surface area contributed by atoms with Gasteiger partial charge in [-0.25, -0.2) is 0 Å². The van der Waals surface area contributed by atoms with Gasteiger partial charge < -0.3 is 10.1 Å². The molecule has 1 heterocycles. The Balaban J connectivity index is 2.43. The quantitative estimate of drug-likeness (QED) is 0.715. The predicted molar refractivity (Wildman–Crippen MR) is 94.5 cm³/mol. The number of halogens is 1. The summed E-state index contributed by atoms with van der Waals surface area (Å²) in [7, 11) is 0. The van der Waals surface area contributed by atoms with Crippen LogP contribution in [0.4, 0.5) is 0 Å². The molecule has 21 heavy (non-hydrogen) atoms. The SMILES string of the molecule is CCCNC(c1ccccc1OCC)c1sc(C)cc1Br. The average molecular weight is 368 g/mol. The van der Waals surface area contributed by atoms with Crippen molar-refractivity contribution in [3.8, 4) is 5.75 Å². The molecule has 1 unspecified atom stereocenters. The van der Waals surface area contributed by atoms with Crippen LogP contribution in [-0.2, 0) is 0 Å². The number of para-hydroxylation sites is 1. The van der Waals surface area contributed by atoms with Crippen LogP contribution in [0, 0.1) is 6.92 Å². The number of rotatable bonds is 7.